The Balaban J connectivity index is 2.14. The molecule has 1 aromatic rings. The molecule has 0 aliphatic carbocycles. The van der Waals surface area contributed by atoms with Gasteiger partial charge in [0.05, 0.1) is 12.5 Å². The fourth-order valence-electron chi connectivity index (χ4n) is 2.58. The third-order valence-corrected chi connectivity index (χ3v) is 3.71. The van der Waals surface area contributed by atoms with Crippen LogP contribution in [0.2, 0.25) is 0 Å². The molecule has 1 aliphatic rings. The third kappa shape index (κ3) is 3.37. The van der Waals surface area contributed by atoms with Crippen LogP contribution in [0.4, 0.5) is 0 Å². The molecule has 2 rings (SSSR count). The highest BCUT2D eigenvalue weighted by Crippen LogP contribution is 2.28. The van der Waals surface area contributed by atoms with Gasteiger partial charge in [-0.15, -0.1) is 0 Å². The van der Waals surface area contributed by atoms with Crippen molar-refractivity contribution in [3.63, 3.8) is 0 Å². The van der Waals surface area contributed by atoms with Crippen LogP contribution >= 0.6 is 0 Å². The summed E-state index contributed by atoms with van der Waals surface area (Å²) in [5.41, 5.74) is 0. The van der Waals surface area contributed by atoms with Gasteiger partial charge in [0.1, 0.15) is 6.10 Å². The highest BCUT2D eigenvalue weighted by Gasteiger charge is 2.32. The molecule has 0 aromatic carbocycles. The number of likely N-dealkylation sites (N-methyl/N-ethyl adjacent to an activating group) is 1. The van der Waals surface area contributed by atoms with Crippen molar-refractivity contribution in [1.29, 1.82) is 0 Å². The summed E-state index contributed by atoms with van der Waals surface area (Å²) in [7, 11) is 1.96. The zero-order valence-corrected chi connectivity index (χ0v) is 12.8. The zero-order valence-electron chi connectivity index (χ0n) is 12.8. The molecule has 20 heavy (non-hydrogen) atoms. The number of ether oxygens (including phenoxy) is 2. The van der Waals surface area contributed by atoms with Gasteiger partial charge in [0.25, 0.3) is 0 Å². The Hall–Kier alpha value is -0.980. The minimum atomic E-state index is -0.116. The Morgan fingerprint density at radius 2 is 2.25 bits per heavy atom. The van der Waals surface area contributed by atoms with E-state index in [-0.39, 0.29) is 12.0 Å². The van der Waals surface area contributed by atoms with E-state index in [0.29, 0.717) is 36.9 Å². The molecule has 6 nitrogen and oxygen atoms in total. The summed E-state index contributed by atoms with van der Waals surface area (Å²) < 4.78 is 16.7. The third-order valence-electron chi connectivity index (χ3n) is 3.71. The van der Waals surface area contributed by atoms with Gasteiger partial charge < -0.3 is 19.3 Å². The lowest BCUT2D eigenvalue weighted by atomic mass is 9.96. The molecule has 1 aliphatic heterocycles. The van der Waals surface area contributed by atoms with Crippen molar-refractivity contribution < 1.29 is 14.0 Å². The first-order valence-electron chi connectivity index (χ1n) is 7.37. The van der Waals surface area contributed by atoms with E-state index in [1.54, 1.807) is 0 Å². The summed E-state index contributed by atoms with van der Waals surface area (Å²) in [4.78, 5) is 4.55. The highest BCUT2D eigenvalue weighted by atomic mass is 16.5. The van der Waals surface area contributed by atoms with Crippen LogP contribution < -0.4 is 5.32 Å². The largest absolute Gasteiger partial charge is 0.381 e. The molecule has 0 saturated carbocycles. The van der Waals surface area contributed by atoms with Crippen LogP contribution in [0.15, 0.2) is 4.52 Å². The monoisotopic (exact) mass is 283 g/mol. The number of aromatic nitrogens is 2. The van der Waals surface area contributed by atoms with E-state index >= 15 is 0 Å². The summed E-state index contributed by atoms with van der Waals surface area (Å²) >= 11 is 0. The molecule has 0 spiro atoms. The number of hydrogen-bond donors (Lipinski definition) is 1. The van der Waals surface area contributed by atoms with Crippen molar-refractivity contribution in [3.05, 3.63) is 11.7 Å². The Kier molecular flexibility index (Phi) is 5.51. The van der Waals surface area contributed by atoms with Crippen molar-refractivity contribution in [2.45, 2.75) is 45.3 Å². The Morgan fingerprint density at radius 1 is 1.45 bits per heavy atom. The Labute approximate surface area is 120 Å². The van der Waals surface area contributed by atoms with E-state index in [1.807, 2.05) is 14.0 Å². The first-order chi connectivity index (χ1) is 9.67. The minimum Gasteiger partial charge on any atom is -0.381 e. The molecule has 1 N–H and O–H groups in total. The van der Waals surface area contributed by atoms with Crippen LogP contribution in [0.5, 0.6) is 0 Å². The van der Waals surface area contributed by atoms with E-state index in [1.165, 1.54) is 0 Å². The Bertz CT molecular complexity index is 408. The number of hydrogen-bond acceptors (Lipinski definition) is 6. The normalized spacial score (nSPS) is 25.1. The van der Waals surface area contributed by atoms with Gasteiger partial charge in [-0.2, -0.15) is 4.98 Å². The van der Waals surface area contributed by atoms with E-state index in [2.05, 4.69) is 29.3 Å². The molecule has 1 aromatic heterocycles. The molecule has 2 heterocycles. The molecule has 114 valence electrons. The lowest BCUT2D eigenvalue weighted by Gasteiger charge is -2.28. The molecule has 3 unspecified atom stereocenters. The maximum Gasteiger partial charge on any atom is 0.233 e. The number of nitrogens with one attached hydrogen (secondary N) is 1. The van der Waals surface area contributed by atoms with Crippen LogP contribution in [0.3, 0.4) is 0 Å². The van der Waals surface area contributed by atoms with E-state index in [4.69, 9.17) is 14.0 Å². The van der Waals surface area contributed by atoms with E-state index in [0.717, 1.165) is 13.0 Å². The molecule has 3 atom stereocenters. The topological polar surface area (TPSA) is 69.4 Å². The van der Waals surface area contributed by atoms with Gasteiger partial charge >= 0.3 is 0 Å². The predicted molar refractivity (Wildman–Crippen MR) is 74.5 cm³/mol. The second-order valence-corrected chi connectivity index (χ2v) is 5.48. The summed E-state index contributed by atoms with van der Waals surface area (Å²) in [5.74, 6) is 1.70. The smallest absolute Gasteiger partial charge is 0.233 e. The van der Waals surface area contributed by atoms with Crippen LogP contribution in [0.25, 0.3) is 0 Å². The molecular weight excluding hydrogens is 258 g/mol. The molecule has 0 radical (unpaired) electrons. The van der Waals surface area contributed by atoms with Crippen LogP contribution in [-0.2, 0) is 9.47 Å². The van der Waals surface area contributed by atoms with Crippen molar-refractivity contribution in [2.24, 2.45) is 5.92 Å². The number of rotatable bonds is 6. The van der Waals surface area contributed by atoms with Crippen molar-refractivity contribution in [3.8, 4) is 0 Å². The highest BCUT2D eigenvalue weighted by molar-refractivity contribution is 5.03. The molecule has 0 amide bonds. The minimum absolute atomic E-state index is 0.115. The summed E-state index contributed by atoms with van der Waals surface area (Å²) in [6.07, 6.45) is 0.841. The van der Waals surface area contributed by atoms with Crippen molar-refractivity contribution in [1.82, 2.24) is 15.5 Å². The second kappa shape index (κ2) is 7.15. The van der Waals surface area contributed by atoms with Gasteiger partial charge in [-0.05, 0) is 26.3 Å². The standard InChI is InChI=1S/C14H25N3O3/c1-5-19-12(9(2)3)13-16-14(20-17-13)10-8-18-7-6-11(10)15-4/h9-12,15H,5-8H2,1-4H3. The second-order valence-electron chi connectivity index (χ2n) is 5.48. The van der Waals surface area contributed by atoms with Gasteiger partial charge in [0.2, 0.25) is 11.7 Å². The lowest BCUT2D eigenvalue weighted by molar-refractivity contribution is 0.0217. The van der Waals surface area contributed by atoms with E-state index in [9.17, 15) is 0 Å². The Morgan fingerprint density at radius 3 is 2.90 bits per heavy atom. The average Bonchev–Trinajstić information content (AvgIpc) is 2.93. The average molecular weight is 283 g/mol. The first kappa shape index (κ1) is 15.4. The van der Waals surface area contributed by atoms with Gasteiger partial charge in [0.15, 0.2) is 0 Å². The fourth-order valence-corrected chi connectivity index (χ4v) is 2.58. The molecule has 0 bridgehead atoms. The van der Waals surface area contributed by atoms with Gasteiger partial charge in [-0.3, -0.25) is 0 Å². The summed E-state index contributed by atoms with van der Waals surface area (Å²) in [6.45, 7) is 8.19. The summed E-state index contributed by atoms with van der Waals surface area (Å²) in [5, 5.41) is 7.41. The maximum atomic E-state index is 5.71. The summed E-state index contributed by atoms with van der Waals surface area (Å²) in [6, 6.07) is 0.321. The number of nitrogens with zero attached hydrogens (tertiary/aromatic N) is 2. The van der Waals surface area contributed by atoms with E-state index < -0.39 is 0 Å². The quantitative estimate of drug-likeness (QED) is 0.860. The SMILES string of the molecule is CCOC(c1noc(C2COCCC2NC)n1)C(C)C. The van der Waals surface area contributed by atoms with Crippen molar-refractivity contribution >= 4 is 0 Å². The maximum absolute atomic E-state index is 5.71. The van der Waals surface area contributed by atoms with Crippen LogP contribution in [0, 0.1) is 5.92 Å². The predicted octanol–water partition coefficient (Wildman–Crippen LogP) is 1.90. The van der Waals surface area contributed by atoms with Gasteiger partial charge in [-0.1, -0.05) is 19.0 Å². The van der Waals surface area contributed by atoms with Gasteiger partial charge in [-0.25, -0.2) is 0 Å². The first-order valence-corrected chi connectivity index (χ1v) is 7.37. The molecule has 6 heteroatoms. The lowest BCUT2D eigenvalue weighted by Crippen LogP contribution is -2.39. The van der Waals surface area contributed by atoms with Crippen molar-refractivity contribution in [2.75, 3.05) is 26.9 Å². The van der Waals surface area contributed by atoms with Gasteiger partial charge in [0, 0.05) is 19.3 Å². The van der Waals surface area contributed by atoms with Crippen LogP contribution in [-0.4, -0.2) is 43.1 Å². The molecular formula is C14H25N3O3. The fraction of sp³-hybridized carbons (Fsp3) is 0.857. The molecule has 1 saturated heterocycles. The molecule has 1 fully saturated rings. The van der Waals surface area contributed by atoms with Crippen LogP contribution in [0.1, 0.15) is 50.9 Å². The zero-order chi connectivity index (χ0) is 14.5.